The van der Waals surface area contributed by atoms with E-state index in [4.69, 9.17) is 4.74 Å². The molecule has 1 fully saturated rings. The van der Waals surface area contributed by atoms with Crippen molar-refractivity contribution in [1.82, 2.24) is 0 Å². The predicted octanol–water partition coefficient (Wildman–Crippen LogP) is 1.13. The number of nitrogens with zero attached hydrogens (tertiary/aromatic N) is 1. The number of carbonyl (C=O) groups is 1. The molecule has 6 heteroatoms. The maximum Gasteiger partial charge on any atom is 0.282 e. The fourth-order valence-electron chi connectivity index (χ4n) is 3.32. The van der Waals surface area contributed by atoms with E-state index in [0.29, 0.717) is 11.4 Å². The Morgan fingerprint density at radius 3 is 2.46 bits per heavy atom. The predicted molar refractivity (Wildman–Crippen MR) is 102 cm³/mol. The second-order valence-electron chi connectivity index (χ2n) is 6.57. The standard InChI is InChI=1S/C20H25N3O3/c1-15(20(25)21-18-5-3-4-6-19(18)26-2)22-11-13-23(14-12-22)16-7-9-17(24)10-8-16/h3-10,15,24H,11-14H2,1-2H3,(H,21,25)/p+1/t15-/m1/s1. The number of ether oxygens (including phenoxy) is 1. The zero-order valence-electron chi connectivity index (χ0n) is 15.2. The van der Waals surface area contributed by atoms with Crippen molar-refractivity contribution in [2.75, 3.05) is 43.5 Å². The van der Waals surface area contributed by atoms with Crippen LogP contribution in [-0.4, -0.2) is 50.3 Å². The Bertz CT molecular complexity index is 740. The van der Waals surface area contributed by atoms with Gasteiger partial charge in [0.25, 0.3) is 5.91 Å². The lowest BCUT2D eigenvalue weighted by Gasteiger charge is -2.36. The average molecular weight is 356 g/mol. The Hall–Kier alpha value is -2.73. The zero-order chi connectivity index (χ0) is 18.5. The SMILES string of the molecule is COc1ccccc1NC(=O)[C@@H](C)[NH+]1CCN(c2ccc(O)cc2)CC1. The molecule has 1 aliphatic rings. The van der Waals surface area contributed by atoms with Gasteiger partial charge in [0.1, 0.15) is 11.5 Å². The van der Waals surface area contributed by atoms with Crippen LogP contribution < -0.4 is 19.9 Å². The van der Waals surface area contributed by atoms with Gasteiger partial charge in [-0.2, -0.15) is 0 Å². The van der Waals surface area contributed by atoms with Gasteiger partial charge in [-0.3, -0.25) is 4.79 Å². The van der Waals surface area contributed by atoms with E-state index in [9.17, 15) is 9.90 Å². The molecule has 138 valence electrons. The van der Waals surface area contributed by atoms with Gasteiger partial charge in [0.15, 0.2) is 6.04 Å². The Labute approximate surface area is 154 Å². The lowest BCUT2D eigenvalue weighted by atomic mass is 10.2. The molecular formula is C20H26N3O3+. The van der Waals surface area contributed by atoms with Gasteiger partial charge in [0.2, 0.25) is 0 Å². The quantitative estimate of drug-likeness (QED) is 0.752. The molecule has 0 aromatic heterocycles. The van der Waals surface area contributed by atoms with Gasteiger partial charge in [0, 0.05) is 5.69 Å². The van der Waals surface area contributed by atoms with Crippen molar-refractivity contribution in [1.29, 1.82) is 0 Å². The highest BCUT2D eigenvalue weighted by molar-refractivity contribution is 5.94. The number of phenols is 1. The third-order valence-electron chi connectivity index (χ3n) is 4.99. The summed E-state index contributed by atoms with van der Waals surface area (Å²) >= 11 is 0. The Kier molecular flexibility index (Phi) is 5.63. The number of hydrogen-bond acceptors (Lipinski definition) is 4. The number of anilines is 2. The average Bonchev–Trinajstić information content (AvgIpc) is 2.68. The highest BCUT2D eigenvalue weighted by Crippen LogP contribution is 2.23. The number of phenolic OH excluding ortho intramolecular Hbond substituents is 1. The van der Waals surface area contributed by atoms with Gasteiger partial charge >= 0.3 is 0 Å². The molecule has 2 aromatic rings. The largest absolute Gasteiger partial charge is 0.508 e. The molecule has 26 heavy (non-hydrogen) atoms. The molecule has 1 atom stereocenters. The summed E-state index contributed by atoms with van der Waals surface area (Å²) in [5.41, 5.74) is 1.81. The van der Waals surface area contributed by atoms with Gasteiger partial charge in [-0.05, 0) is 43.3 Å². The van der Waals surface area contributed by atoms with E-state index in [1.165, 1.54) is 4.90 Å². The van der Waals surface area contributed by atoms with E-state index in [1.807, 2.05) is 43.3 Å². The Balaban J connectivity index is 1.56. The number of piperazine rings is 1. The van der Waals surface area contributed by atoms with Crippen LogP contribution in [0, 0.1) is 0 Å². The molecule has 3 rings (SSSR count). The van der Waals surface area contributed by atoms with Gasteiger partial charge < -0.3 is 25.0 Å². The number of quaternary nitrogens is 1. The molecule has 0 aliphatic carbocycles. The van der Waals surface area contributed by atoms with Crippen LogP contribution in [0.5, 0.6) is 11.5 Å². The van der Waals surface area contributed by atoms with Gasteiger partial charge in [-0.1, -0.05) is 12.1 Å². The van der Waals surface area contributed by atoms with Crippen molar-refractivity contribution in [2.45, 2.75) is 13.0 Å². The first kappa shape index (κ1) is 18.1. The van der Waals surface area contributed by atoms with Crippen molar-refractivity contribution in [3.05, 3.63) is 48.5 Å². The lowest BCUT2D eigenvalue weighted by Crippen LogP contribution is -3.19. The monoisotopic (exact) mass is 356 g/mol. The molecule has 0 bridgehead atoms. The van der Waals surface area contributed by atoms with Gasteiger partial charge in [-0.15, -0.1) is 0 Å². The first-order valence-electron chi connectivity index (χ1n) is 8.91. The molecular weight excluding hydrogens is 330 g/mol. The number of hydrogen-bond donors (Lipinski definition) is 3. The summed E-state index contributed by atoms with van der Waals surface area (Å²) in [6.45, 7) is 5.51. The maximum absolute atomic E-state index is 12.6. The first-order valence-corrected chi connectivity index (χ1v) is 8.91. The van der Waals surface area contributed by atoms with Gasteiger partial charge in [-0.25, -0.2) is 0 Å². The van der Waals surface area contributed by atoms with Crippen LogP contribution in [0.25, 0.3) is 0 Å². The van der Waals surface area contributed by atoms with Crippen LogP contribution in [0.2, 0.25) is 0 Å². The maximum atomic E-state index is 12.6. The van der Waals surface area contributed by atoms with E-state index in [0.717, 1.165) is 31.9 Å². The van der Waals surface area contributed by atoms with E-state index < -0.39 is 0 Å². The number of aromatic hydroxyl groups is 1. The number of para-hydroxylation sites is 2. The number of amides is 1. The number of methoxy groups -OCH3 is 1. The summed E-state index contributed by atoms with van der Waals surface area (Å²) in [6, 6.07) is 14.6. The van der Waals surface area contributed by atoms with Crippen molar-refractivity contribution < 1.29 is 19.5 Å². The smallest absolute Gasteiger partial charge is 0.282 e. The zero-order valence-corrected chi connectivity index (χ0v) is 15.2. The molecule has 1 aliphatic heterocycles. The van der Waals surface area contributed by atoms with E-state index >= 15 is 0 Å². The van der Waals surface area contributed by atoms with Crippen LogP contribution >= 0.6 is 0 Å². The molecule has 0 saturated carbocycles. The second kappa shape index (κ2) is 8.10. The molecule has 2 aromatic carbocycles. The summed E-state index contributed by atoms with van der Waals surface area (Å²) in [5, 5.41) is 12.4. The second-order valence-corrected chi connectivity index (χ2v) is 6.57. The fraction of sp³-hybridized carbons (Fsp3) is 0.350. The van der Waals surface area contributed by atoms with Crippen LogP contribution in [0.1, 0.15) is 6.92 Å². The lowest BCUT2D eigenvalue weighted by molar-refractivity contribution is -0.914. The molecule has 1 saturated heterocycles. The molecule has 3 N–H and O–H groups in total. The van der Waals surface area contributed by atoms with Gasteiger partial charge in [0.05, 0.1) is 39.0 Å². The van der Waals surface area contributed by atoms with Crippen LogP contribution in [0.4, 0.5) is 11.4 Å². The summed E-state index contributed by atoms with van der Waals surface area (Å²) in [4.78, 5) is 16.2. The van der Waals surface area contributed by atoms with Crippen molar-refractivity contribution >= 4 is 17.3 Å². The first-order chi connectivity index (χ1) is 12.6. The number of nitrogens with one attached hydrogen (secondary N) is 2. The highest BCUT2D eigenvalue weighted by atomic mass is 16.5. The third kappa shape index (κ3) is 4.08. The highest BCUT2D eigenvalue weighted by Gasteiger charge is 2.29. The Morgan fingerprint density at radius 1 is 1.15 bits per heavy atom. The molecule has 0 unspecified atom stereocenters. The van der Waals surface area contributed by atoms with Crippen molar-refractivity contribution in [3.63, 3.8) is 0 Å². The summed E-state index contributed by atoms with van der Waals surface area (Å²) in [7, 11) is 1.60. The third-order valence-corrected chi connectivity index (χ3v) is 4.99. The van der Waals surface area contributed by atoms with E-state index in [2.05, 4.69) is 10.2 Å². The number of benzene rings is 2. The summed E-state index contributed by atoms with van der Waals surface area (Å²) in [5.74, 6) is 0.947. The minimum Gasteiger partial charge on any atom is -0.508 e. The minimum absolute atomic E-state index is 0.00239. The molecule has 0 radical (unpaired) electrons. The number of carbonyl (C=O) groups excluding carboxylic acids is 1. The molecule has 0 spiro atoms. The van der Waals surface area contributed by atoms with Crippen LogP contribution in [-0.2, 0) is 4.79 Å². The van der Waals surface area contributed by atoms with E-state index in [1.54, 1.807) is 19.2 Å². The summed E-state index contributed by atoms with van der Waals surface area (Å²) in [6.07, 6.45) is 0. The Morgan fingerprint density at radius 2 is 1.81 bits per heavy atom. The van der Waals surface area contributed by atoms with Crippen LogP contribution in [0.15, 0.2) is 48.5 Å². The molecule has 1 heterocycles. The fourth-order valence-corrected chi connectivity index (χ4v) is 3.32. The molecule has 6 nitrogen and oxygen atoms in total. The number of rotatable bonds is 5. The van der Waals surface area contributed by atoms with Crippen molar-refractivity contribution in [2.24, 2.45) is 0 Å². The topological polar surface area (TPSA) is 66.2 Å². The molecule has 1 amide bonds. The van der Waals surface area contributed by atoms with Crippen LogP contribution in [0.3, 0.4) is 0 Å². The van der Waals surface area contributed by atoms with Crippen molar-refractivity contribution in [3.8, 4) is 11.5 Å². The van der Waals surface area contributed by atoms with E-state index in [-0.39, 0.29) is 17.7 Å². The normalized spacial score (nSPS) is 16.2. The minimum atomic E-state index is -0.137. The summed E-state index contributed by atoms with van der Waals surface area (Å²) < 4.78 is 5.30.